The molecule has 0 saturated carbocycles. The highest BCUT2D eigenvalue weighted by atomic mass is 32.2. The Balaban J connectivity index is 1.75. The Bertz CT molecular complexity index is 1120. The molecule has 31 heavy (non-hydrogen) atoms. The average molecular weight is 455 g/mol. The van der Waals surface area contributed by atoms with Crippen molar-refractivity contribution in [3.05, 3.63) is 90.0 Å². The minimum atomic E-state index is -3.89. The number of anilines is 1. The number of carbonyl (C=O) groups is 1. The quantitative estimate of drug-likeness (QED) is 0.384. The Morgan fingerprint density at radius 2 is 1.55 bits per heavy atom. The molecule has 1 N–H and O–H groups in total. The first-order chi connectivity index (χ1) is 14.9. The molecular weight excluding hydrogens is 428 g/mol. The molecule has 0 heterocycles. The number of rotatable bonds is 9. The van der Waals surface area contributed by atoms with Crippen molar-refractivity contribution < 1.29 is 13.2 Å². The van der Waals surface area contributed by atoms with Crippen LogP contribution in [-0.4, -0.2) is 33.2 Å². The van der Waals surface area contributed by atoms with Gasteiger partial charge < -0.3 is 5.32 Å². The van der Waals surface area contributed by atoms with Gasteiger partial charge in [-0.1, -0.05) is 48.5 Å². The Kier molecular flexibility index (Phi) is 7.76. The van der Waals surface area contributed by atoms with E-state index in [0.29, 0.717) is 18.0 Å². The van der Waals surface area contributed by atoms with Crippen LogP contribution in [0.15, 0.2) is 88.7 Å². The molecule has 1 amide bonds. The maximum absolute atomic E-state index is 13.4. The number of nitrogens with one attached hydrogen (secondary N) is 1. The number of amides is 1. The lowest BCUT2D eigenvalue weighted by Gasteiger charge is -2.26. The van der Waals surface area contributed by atoms with Gasteiger partial charge in [0.2, 0.25) is 5.91 Å². The Labute approximate surface area is 188 Å². The fraction of sp³-hybridized carbons (Fsp3) is 0.208. The standard InChI is InChI=1S/C24H26N2O3S2/c1-19-10-9-15-23(20(19)2)26(31(28,29)22-13-7-4-8-14-22)18-24(27)25-16-17-30-21-11-5-3-6-12-21/h3-15H,16-18H2,1-2H3,(H,25,27). The summed E-state index contributed by atoms with van der Waals surface area (Å²) in [7, 11) is -3.89. The first-order valence-electron chi connectivity index (χ1n) is 9.98. The van der Waals surface area contributed by atoms with Crippen LogP contribution in [0.1, 0.15) is 11.1 Å². The summed E-state index contributed by atoms with van der Waals surface area (Å²) in [6.07, 6.45) is 0. The van der Waals surface area contributed by atoms with Gasteiger partial charge in [0.1, 0.15) is 6.54 Å². The molecule has 0 unspecified atom stereocenters. The maximum atomic E-state index is 13.4. The summed E-state index contributed by atoms with van der Waals surface area (Å²) in [5.41, 5.74) is 2.30. The summed E-state index contributed by atoms with van der Waals surface area (Å²) < 4.78 is 28.0. The van der Waals surface area contributed by atoms with Crippen LogP contribution >= 0.6 is 11.8 Å². The molecule has 0 aliphatic heterocycles. The average Bonchev–Trinajstić information content (AvgIpc) is 2.78. The van der Waals surface area contributed by atoms with Gasteiger partial charge in [0.05, 0.1) is 10.6 Å². The second kappa shape index (κ2) is 10.5. The Morgan fingerprint density at radius 3 is 2.23 bits per heavy atom. The zero-order valence-corrected chi connectivity index (χ0v) is 19.2. The van der Waals surface area contributed by atoms with Gasteiger partial charge >= 0.3 is 0 Å². The lowest BCUT2D eigenvalue weighted by molar-refractivity contribution is -0.119. The number of hydrogen-bond acceptors (Lipinski definition) is 4. The van der Waals surface area contributed by atoms with E-state index in [0.717, 1.165) is 16.0 Å². The van der Waals surface area contributed by atoms with Gasteiger partial charge in [-0.25, -0.2) is 8.42 Å². The largest absolute Gasteiger partial charge is 0.354 e. The molecule has 0 spiro atoms. The zero-order valence-electron chi connectivity index (χ0n) is 17.6. The van der Waals surface area contributed by atoms with Crippen LogP contribution in [0.4, 0.5) is 5.69 Å². The highest BCUT2D eigenvalue weighted by molar-refractivity contribution is 7.99. The number of aryl methyl sites for hydroxylation is 1. The second-order valence-corrected chi connectivity index (χ2v) is 10.1. The Morgan fingerprint density at radius 1 is 0.903 bits per heavy atom. The molecule has 0 atom stereocenters. The van der Waals surface area contributed by atoms with E-state index in [1.54, 1.807) is 54.2 Å². The SMILES string of the molecule is Cc1cccc(N(CC(=O)NCCSc2ccccc2)S(=O)(=O)c2ccccc2)c1C. The zero-order chi connectivity index (χ0) is 22.3. The molecule has 3 rings (SSSR count). The first-order valence-corrected chi connectivity index (χ1v) is 12.4. The molecular formula is C24H26N2O3S2. The van der Waals surface area contributed by atoms with Crippen molar-refractivity contribution >= 4 is 33.4 Å². The van der Waals surface area contributed by atoms with E-state index in [1.807, 2.05) is 50.2 Å². The molecule has 3 aromatic rings. The topological polar surface area (TPSA) is 66.5 Å². The molecule has 0 bridgehead atoms. The van der Waals surface area contributed by atoms with E-state index in [1.165, 1.54) is 4.31 Å². The van der Waals surface area contributed by atoms with Gasteiger partial charge in [0, 0.05) is 17.2 Å². The van der Waals surface area contributed by atoms with E-state index in [9.17, 15) is 13.2 Å². The highest BCUT2D eigenvalue weighted by Gasteiger charge is 2.28. The van der Waals surface area contributed by atoms with Crippen molar-refractivity contribution in [2.24, 2.45) is 0 Å². The smallest absolute Gasteiger partial charge is 0.264 e. The second-order valence-electron chi connectivity index (χ2n) is 7.06. The maximum Gasteiger partial charge on any atom is 0.264 e. The number of hydrogen-bond donors (Lipinski definition) is 1. The number of benzene rings is 3. The Hall–Kier alpha value is -2.77. The fourth-order valence-electron chi connectivity index (χ4n) is 3.09. The van der Waals surface area contributed by atoms with Crippen LogP contribution in [0.2, 0.25) is 0 Å². The molecule has 3 aromatic carbocycles. The molecule has 5 nitrogen and oxygen atoms in total. The summed E-state index contributed by atoms with van der Waals surface area (Å²) in [5, 5.41) is 2.84. The van der Waals surface area contributed by atoms with Crippen molar-refractivity contribution in [2.45, 2.75) is 23.6 Å². The van der Waals surface area contributed by atoms with E-state index >= 15 is 0 Å². The molecule has 162 valence electrons. The van der Waals surface area contributed by atoms with E-state index in [2.05, 4.69) is 5.32 Å². The van der Waals surface area contributed by atoms with E-state index in [-0.39, 0.29) is 17.3 Å². The van der Waals surface area contributed by atoms with Crippen LogP contribution in [0.3, 0.4) is 0 Å². The minimum absolute atomic E-state index is 0.156. The van der Waals surface area contributed by atoms with Crippen molar-refractivity contribution in [1.82, 2.24) is 5.32 Å². The van der Waals surface area contributed by atoms with Crippen LogP contribution in [0.5, 0.6) is 0 Å². The van der Waals surface area contributed by atoms with Crippen LogP contribution in [-0.2, 0) is 14.8 Å². The van der Waals surface area contributed by atoms with Gasteiger partial charge in [0.15, 0.2) is 0 Å². The van der Waals surface area contributed by atoms with Crippen LogP contribution in [0, 0.1) is 13.8 Å². The summed E-state index contributed by atoms with van der Waals surface area (Å²) in [6.45, 7) is 3.96. The molecule has 0 fully saturated rings. The number of carbonyl (C=O) groups excluding carboxylic acids is 1. The van der Waals surface area contributed by atoms with Gasteiger partial charge in [-0.2, -0.15) is 0 Å². The van der Waals surface area contributed by atoms with Crippen LogP contribution < -0.4 is 9.62 Å². The van der Waals surface area contributed by atoms with Gasteiger partial charge in [-0.05, 0) is 55.3 Å². The number of nitrogens with zero attached hydrogens (tertiary/aromatic N) is 1. The molecule has 0 aromatic heterocycles. The van der Waals surface area contributed by atoms with Crippen molar-refractivity contribution in [3.8, 4) is 0 Å². The third-order valence-electron chi connectivity index (χ3n) is 4.90. The van der Waals surface area contributed by atoms with Gasteiger partial charge in [-0.3, -0.25) is 9.10 Å². The lowest BCUT2D eigenvalue weighted by Crippen LogP contribution is -2.41. The van der Waals surface area contributed by atoms with E-state index in [4.69, 9.17) is 0 Å². The molecule has 0 radical (unpaired) electrons. The van der Waals surface area contributed by atoms with Gasteiger partial charge in [-0.15, -0.1) is 11.8 Å². The third-order valence-corrected chi connectivity index (χ3v) is 7.69. The lowest BCUT2D eigenvalue weighted by atomic mass is 10.1. The number of sulfonamides is 1. The predicted octanol–water partition coefficient (Wildman–Crippen LogP) is 4.41. The summed E-state index contributed by atoms with van der Waals surface area (Å²) in [4.78, 5) is 14.0. The molecule has 0 aliphatic rings. The highest BCUT2D eigenvalue weighted by Crippen LogP contribution is 2.28. The first kappa shape index (κ1) is 22.9. The van der Waals surface area contributed by atoms with Crippen molar-refractivity contribution in [1.29, 1.82) is 0 Å². The predicted molar refractivity (Wildman–Crippen MR) is 127 cm³/mol. The number of thioether (sulfide) groups is 1. The summed E-state index contributed by atoms with van der Waals surface area (Å²) in [6, 6.07) is 23.6. The van der Waals surface area contributed by atoms with Crippen molar-refractivity contribution in [3.63, 3.8) is 0 Å². The monoisotopic (exact) mass is 454 g/mol. The normalized spacial score (nSPS) is 11.2. The van der Waals surface area contributed by atoms with Crippen LogP contribution in [0.25, 0.3) is 0 Å². The minimum Gasteiger partial charge on any atom is -0.354 e. The van der Waals surface area contributed by atoms with E-state index < -0.39 is 10.0 Å². The fourth-order valence-corrected chi connectivity index (χ4v) is 5.38. The molecule has 7 heteroatoms. The van der Waals surface area contributed by atoms with Crippen molar-refractivity contribution in [2.75, 3.05) is 23.1 Å². The molecule has 0 aliphatic carbocycles. The third kappa shape index (κ3) is 5.89. The van der Waals surface area contributed by atoms with Gasteiger partial charge in [0.25, 0.3) is 10.0 Å². The summed E-state index contributed by atoms with van der Waals surface area (Å²) >= 11 is 1.64. The summed E-state index contributed by atoms with van der Waals surface area (Å²) in [5.74, 6) is 0.360. The molecule has 0 saturated heterocycles.